The Morgan fingerprint density at radius 1 is 1.45 bits per heavy atom. The molecule has 0 saturated carbocycles. The minimum absolute atomic E-state index is 0.0180. The fraction of sp³-hybridized carbons (Fsp3) is 0.286. The van der Waals surface area contributed by atoms with Crippen LogP contribution in [0.4, 0.5) is 0 Å². The number of quaternary nitrogens is 1. The van der Waals surface area contributed by atoms with E-state index in [1.165, 1.54) is 0 Å². The SMILES string of the molecule is COc1ccc2nc([C@H]3[NH2+][C@H](C(=O)[O-])CS3)ccc2c1. The molecule has 1 aromatic heterocycles. The molecule has 104 valence electrons. The standard InChI is InChI=1S/C14H14N2O3S/c1-19-9-3-5-10-8(6-9)2-4-11(15-10)13-16-12(7-20-13)14(17)18/h2-6,12-13,16H,7H2,1H3,(H,17,18)/t12-,13-/m0/s1. The number of thioether (sulfide) groups is 1. The van der Waals surface area contributed by atoms with E-state index in [9.17, 15) is 9.90 Å². The lowest BCUT2D eigenvalue weighted by atomic mass is 10.2. The number of aliphatic carboxylic acids is 1. The first-order valence-electron chi connectivity index (χ1n) is 6.29. The van der Waals surface area contributed by atoms with Crippen LogP contribution in [0.5, 0.6) is 5.75 Å². The summed E-state index contributed by atoms with van der Waals surface area (Å²) in [4.78, 5) is 15.5. The Morgan fingerprint density at radius 2 is 2.30 bits per heavy atom. The van der Waals surface area contributed by atoms with Crippen LogP contribution in [0.1, 0.15) is 11.1 Å². The molecular weight excluding hydrogens is 276 g/mol. The zero-order chi connectivity index (χ0) is 14.1. The Morgan fingerprint density at radius 3 is 3.00 bits per heavy atom. The van der Waals surface area contributed by atoms with Crippen LogP contribution in [0.25, 0.3) is 10.9 Å². The molecule has 0 unspecified atom stereocenters. The first-order chi connectivity index (χ1) is 9.67. The van der Waals surface area contributed by atoms with Gasteiger partial charge in [-0.25, -0.2) is 4.98 Å². The summed E-state index contributed by atoms with van der Waals surface area (Å²) in [5.41, 5.74) is 1.77. The van der Waals surface area contributed by atoms with E-state index >= 15 is 0 Å². The van der Waals surface area contributed by atoms with E-state index in [-0.39, 0.29) is 5.37 Å². The van der Waals surface area contributed by atoms with Gasteiger partial charge in [0.1, 0.15) is 23.5 Å². The molecule has 1 fully saturated rings. The molecule has 1 aliphatic heterocycles. The highest BCUT2D eigenvalue weighted by Gasteiger charge is 2.31. The molecule has 6 heteroatoms. The molecule has 1 saturated heterocycles. The number of nitrogens with two attached hydrogens (primary N) is 1. The first kappa shape index (κ1) is 13.2. The van der Waals surface area contributed by atoms with Crippen molar-refractivity contribution in [2.45, 2.75) is 11.4 Å². The minimum Gasteiger partial charge on any atom is -0.544 e. The molecule has 1 aliphatic rings. The van der Waals surface area contributed by atoms with Crippen molar-refractivity contribution in [2.75, 3.05) is 12.9 Å². The van der Waals surface area contributed by atoms with E-state index in [1.807, 2.05) is 30.3 Å². The molecule has 1 aromatic carbocycles. The number of hydrogen-bond donors (Lipinski definition) is 1. The summed E-state index contributed by atoms with van der Waals surface area (Å²) in [7, 11) is 1.63. The second kappa shape index (κ2) is 5.30. The van der Waals surface area contributed by atoms with Crippen molar-refractivity contribution in [1.29, 1.82) is 0 Å². The predicted molar refractivity (Wildman–Crippen MR) is 74.2 cm³/mol. The molecule has 2 aromatic rings. The van der Waals surface area contributed by atoms with E-state index < -0.39 is 12.0 Å². The van der Waals surface area contributed by atoms with E-state index in [0.717, 1.165) is 22.3 Å². The van der Waals surface area contributed by atoms with E-state index in [2.05, 4.69) is 4.98 Å². The molecule has 3 rings (SSSR count). The zero-order valence-electron chi connectivity index (χ0n) is 10.9. The van der Waals surface area contributed by atoms with Crippen molar-refractivity contribution >= 4 is 28.6 Å². The quantitative estimate of drug-likeness (QED) is 0.837. The molecule has 0 amide bonds. The molecule has 2 atom stereocenters. The summed E-state index contributed by atoms with van der Waals surface area (Å²) in [6.45, 7) is 0. The second-order valence-electron chi connectivity index (χ2n) is 4.67. The fourth-order valence-corrected chi connectivity index (χ4v) is 3.53. The lowest BCUT2D eigenvalue weighted by Crippen LogP contribution is -2.90. The maximum atomic E-state index is 10.9. The van der Waals surface area contributed by atoms with Crippen molar-refractivity contribution in [2.24, 2.45) is 0 Å². The molecular formula is C14H14N2O3S. The van der Waals surface area contributed by atoms with Crippen LogP contribution < -0.4 is 15.2 Å². The number of hydrogen-bond acceptors (Lipinski definition) is 5. The summed E-state index contributed by atoms with van der Waals surface area (Å²) in [6, 6.07) is 9.15. The van der Waals surface area contributed by atoms with Crippen LogP contribution in [0, 0.1) is 0 Å². The van der Waals surface area contributed by atoms with Gasteiger partial charge in [0.05, 0.1) is 18.4 Å². The van der Waals surface area contributed by atoms with Gasteiger partial charge in [-0.3, -0.25) is 0 Å². The molecule has 5 nitrogen and oxygen atoms in total. The predicted octanol–water partition coefficient (Wildman–Crippen LogP) is -0.329. The molecule has 0 spiro atoms. The normalized spacial score (nSPS) is 22.1. The third-order valence-corrected chi connectivity index (χ3v) is 4.68. The van der Waals surface area contributed by atoms with Gasteiger partial charge in [0, 0.05) is 5.39 Å². The third-order valence-electron chi connectivity index (χ3n) is 3.37. The number of rotatable bonds is 3. The van der Waals surface area contributed by atoms with Crippen LogP contribution >= 0.6 is 11.8 Å². The van der Waals surface area contributed by atoms with Crippen LogP contribution in [-0.4, -0.2) is 29.9 Å². The Kier molecular flexibility index (Phi) is 3.50. The average molecular weight is 290 g/mol. The molecule has 0 radical (unpaired) electrons. The van der Waals surface area contributed by atoms with Gasteiger partial charge in [0.2, 0.25) is 0 Å². The smallest absolute Gasteiger partial charge is 0.176 e. The third kappa shape index (κ3) is 2.44. The number of carbonyl (C=O) groups is 1. The largest absolute Gasteiger partial charge is 0.544 e. The Hall–Kier alpha value is -1.79. The highest BCUT2D eigenvalue weighted by Crippen LogP contribution is 2.27. The summed E-state index contributed by atoms with van der Waals surface area (Å²) in [6.07, 6.45) is 0. The molecule has 0 aliphatic carbocycles. The van der Waals surface area contributed by atoms with Gasteiger partial charge in [-0.1, -0.05) is 17.8 Å². The van der Waals surface area contributed by atoms with Crippen LogP contribution in [-0.2, 0) is 4.79 Å². The van der Waals surface area contributed by atoms with Gasteiger partial charge in [0.15, 0.2) is 5.37 Å². The number of carboxylic acid groups (broad SMARTS) is 1. The number of nitrogens with zero attached hydrogens (tertiary/aromatic N) is 1. The lowest BCUT2D eigenvalue weighted by Gasteiger charge is -2.11. The van der Waals surface area contributed by atoms with Gasteiger partial charge < -0.3 is 20.0 Å². The van der Waals surface area contributed by atoms with Crippen LogP contribution in [0.2, 0.25) is 0 Å². The maximum Gasteiger partial charge on any atom is 0.176 e. The Bertz CT molecular complexity index is 662. The van der Waals surface area contributed by atoms with Crippen LogP contribution in [0.3, 0.4) is 0 Å². The minimum atomic E-state index is -1.01. The number of benzene rings is 1. The number of carbonyl (C=O) groups excluding carboxylic acids is 1. The lowest BCUT2D eigenvalue weighted by molar-refractivity contribution is -0.690. The summed E-state index contributed by atoms with van der Waals surface area (Å²) < 4.78 is 5.18. The molecule has 0 bridgehead atoms. The van der Waals surface area contributed by atoms with Crippen molar-refractivity contribution in [3.63, 3.8) is 0 Å². The number of pyridine rings is 1. The summed E-state index contributed by atoms with van der Waals surface area (Å²) in [5, 5.41) is 13.7. The molecule has 20 heavy (non-hydrogen) atoms. The average Bonchev–Trinajstić information content (AvgIpc) is 2.96. The topological polar surface area (TPSA) is 78.9 Å². The monoisotopic (exact) mass is 290 g/mol. The Balaban J connectivity index is 1.88. The molecule has 2 heterocycles. The number of ether oxygens (including phenoxy) is 1. The summed E-state index contributed by atoms with van der Waals surface area (Å²) in [5.74, 6) is 0.339. The zero-order valence-corrected chi connectivity index (χ0v) is 11.7. The van der Waals surface area contributed by atoms with Crippen molar-refractivity contribution in [3.05, 3.63) is 36.0 Å². The number of carboxylic acids is 1. The van der Waals surface area contributed by atoms with Gasteiger partial charge in [-0.2, -0.15) is 0 Å². The maximum absolute atomic E-state index is 10.9. The van der Waals surface area contributed by atoms with E-state index in [4.69, 9.17) is 4.74 Å². The number of aromatic nitrogens is 1. The van der Waals surface area contributed by atoms with E-state index in [1.54, 1.807) is 24.2 Å². The van der Waals surface area contributed by atoms with Gasteiger partial charge >= 0.3 is 0 Å². The van der Waals surface area contributed by atoms with Crippen molar-refractivity contribution < 1.29 is 20.0 Å². The fourth-order valence-electron chi connectivity index (χ4n) is 2.26. The highest BCUT2D eigenvalue weighted by molar-refractivity contribution is 7.99. The van der Waals surface area contributed by atoms with Crippen LogP contribution in [0.15, 0.2) is 30.3 Å². The first-order valence-corrected chi connectivity index (χ1v) is 7.34. The van der Waals surface area contributed by atoms with Crippen molar-refractivity contribution in [3.8, 4) is 5.75 Å². The molecule has 2 N–H and O–H groups in total. The Labute approximate surface area is 120 Å². The number of fused-ring (bicyclic) bond motifs is 1. The highest BCUT2D eigenvalue weighted by atomic mass is 32.2. The van der Waals surface area contributed by atoms with Gasteiger partial charge in [-0.05, 0) is 24.3 Å². The van der Waals surface area contributed by atoms with Gasteiger partial charge in [-0.15, -0.1) is 0 Å². The summed E-state index contributed by atoms with van der Waals surface area (Å²) >= 11 is 1.58. The van der Waals surface area contributed by atoms with Gasteiger partial charge in [0.25, 0.3) is 0 Å². The van der Waals surface area contributed by atoms with Crippen molar-refractivity contribution in [1.82, 2.24) is 4.98 Å². The van der Waals surface area contributed by atoms with E-state index in [0.29, 0.717) is 5.75 Å². The second-order valence-corrected chi connectivity index (χ2v) is 5.84. The number of methoxy groups -OCH3 is 1.